The summed E-state index contributed by atoms with van der Waals surface area (Å²) >= 11 is 0. The van der Waals surface area contributed by atoms with Gasteiger partial charge in [0, 0.05) is 37.7 Å². The first-order valence-electron chi connectivity index (χ1n) is 8.81. The Morgan fingerprint density at radius 2 is 2.08 bits per heavy atom. The minimum Gasteiger partial charge on any atom is -0.377 e. The monoisotopic (exact) mass is 355 g/mol. The molecule has 7 heteroatoms. The van der Waals surface area contributed by atoms with Crippen LogP contribution in [0.15, 0.2) is 46.1 Å². The molecule has 4 unspecified atom stereocenters. The lowest BCUT2D eigenvalue weighted by atomic mass is 9.64. The summed E-state index contributed by atoms with van der Waals surface area (Å²) in [5.74, 6) is 0.00926. The van der Waals surface area contributed by atoms with Crippen molar-refractivity contribution in [3.63, 3.8) is 0 Å². The maximum atomic E-state index is 12.6. The second-order valence-corrected chi connectivity index (χ2v) is 7.05. The predicted octanol–water partition coefficient (Wildman–Crippen LogP) is 0.450. The second-order valence-electron chi connectivity index (χ2n) is 7.05. The predicted molar refractivity (Wildman–Crippen MR) is 95.0 cm³/mol. The van der Waals surface area contributed by atoms with Crippen molar-refractivity contribution in [2.75, 3.05) is 6.61 Å². The van der Waals surface area contributed by atoms with Gasteiger partial charge >= 0.3 is 5.69 Å². The molecule has 2 N–H and O–H groups in total. The van der Waals surface area contributed by atoms with Crippen molar-refractivity contribution in [1.29, 1.82) is 0 Å². The van der Waals surface area contributed by atoms with Crippen molar-refractivity contribution < 1.29 is 9.53 Å². The van der Waals surface area contributed by atoms with Crippen LogP contribution < -0.4 is 16.6 Å². The quantitative estimate of drug-likeness (QED) is 0.833. The zero-order chi connectivity index (χ0) is 18.3. The van der Waals surface area contributed by atoms with Gasteiger partial charge in [0.15, 0.2) is 0 Å². The fourth-order valence-electron chi connectivity index (χ4n) is 4.13. The number of nitrogens with zero attached hydrogens (tertiary/aromatic N) is 1. The molecule has 1 aliphatic carbocycles. The number of ether oxygens (including phenoxy) is 1. The number of fused-ring (bicyclic) bond motifs is 1. The zero-order valence-corrected chi connectivity index (χ0v) is 14.5. The number of hydrogen-bond acceptors (Lipinski definition) is 4. The molecule has 1 aromatic carbocycles. The molecule has 2 aromatic rings. The Kier molecular flexibility index (Phi) is 4.24. The van der Waals surface area contributed by atoms with Crippen molar-refractivity contribution in [2.24, 2.45) is 18.9 Å². The normalized spacial score (nSPS) is 26.8. The summed E-state index contributed by atoms with van der Waals surface area (Å²) in [7, 11) is 1.50. The molecule has 2 heterocycles. The summed E-state index contributed by atoms with van der Waals surface area (Å²) in [6, 6.07) is 10.1. The molecule has 0 bridgehead atoms. The number of hydrogen-bond donors (Lipinski definition) is 2. The van der Waals surface area contributed by atoms with Crippen LogP contribution in [0.1, 0.15) is 22.3 Å². The van der Waals surface area contributed by atoms with Crippen LogP contribution in [-0.4, -0.2) is 34.2 Å². The first-order valence-corrected chi connectivity index (χ1v) is 8.81. The van der Waals surface area contributed by atoms with Gasteiger partial charge in [-0.2, -0.15) is 0 Å². The molecule has 1 aliphatic heterocycles. The molecule has 2 aliphatic rings. The van der Waals surface area contributed by atoms with Gasteiger partial charge in [-0.3, -0.25) is 14.6 Å². The molecule has 136 valence electrons. The van der Waals surface area contributed by atoms with Gasteiger partial charge in [-0.1, -0.05) is 30.3 Å². The van der Waals surface area contributed by atoms with E-state index in [0.29, 0.717) is 6.61 Å². The Bertz CT molecular complexity index is 934. The van der Waals surface area contributed by atoms with E-state index in [9.17, 15) is 14.4 Å². The molecule has 2 fully saturated rings. The van der Waals surface area contributed by atoms with E-state index in [1.807, 2.05) is 18.2 Å². The van der Waals surface area contributed by atoms with E-state index in [-0.39, 0.29) is 29.5 Å². The van der Waals surface area contributed by atoms with E-state index in [4.69, 9.17) is 4.74 Å². The Morgan fingerprint density at radius 1 is 1.31 bits per heavy atom. The van der Waals surface area contributed by atoms with Gasteiger partial charge in [0.2, 0.25) is 0 Å². The van der Waals surface area contributed by atoms with Crippen molar-refractivity contribution in [3.05, 3.63) is 68.5 Å². The fraction of sp³-hybridized carbons (Fsp3) is 0.421. The van der Waals surface area contributed by atoms with Crippen LogP contribution in [0.25, 0.3) is 0 Å². The molecular weight excluding hydrogens is 334 g/mol. The number of aromatic amines is 1. The van der Waals surface area contributed by atoms with E-state index >= 15 is 0 Å². The number of nitrogens with one attached hydrogen (secondary N) is 2. The number of carbonyl (C=O) groups is 1. The maximum absolute atomic E-state index is 12.6. The lowest BCUT2D eigenvalue weighted by molar-refractivity contribution is -0.0528. The number of H-pyrrole nitrogens is 1. The number of benzene rings is 1. The highest BCUT2D eigenvalue weighted by molar-refractivity contribution is 5.93. The Balaban J connectivity index is 1.54. The fourth-order valence-corrected chi connectivity index (χ4v) is 4.13. The molecule has 0 radical (unpaired) electrons. The lowest BCUT2D eigenvalue weighted by Gasteiger charge is -2.48. The number of aryl methyl sites for hydroxylation is 1. The van der Waals surface area contributed by atoms with Crippen LogP contribution in [0.5, 0.6) is 0 Å². The smallest absolute Gasteiger partial charge is 0.328 e. The molecular formula is C19H21N3O4. The first kappa shape index (κ1) is 16.8. The lowest BCUT2D eigenvalue weighted by Crippen LogP contribution is -2.62. The van der Waals surface area contributed by atoms with Gasteiger partial charge in [0.05, 0.1) is 6.10 Å². The standard InChI is InChI=1S/C19H21N3O4/c1-22-10-14(18(24)21-19(22)25)17(23)20-15-12-7-8-26-16(12)13(15)9-11-5-3-2-4-6-11/h2-6,10,12-13,15-16H,7-9H2,1H3,(H,20,23)(H,21,24,25). The van der Waals surface area contributed by atoms with Crippen molar-refractivity contribution in [2.45, 2.75) is 25.0 Å². The van der Waals surface area contributed by atoms with Crippen LogP contribution in [-0.2, 0) is 18.2 Å². The SMILES string of the molecule is Cn1cc(C(=O)NC2C3CCOC3C2Cc2ccccc2)c(=O)[nH]c1=O. The number of rotatable bonds is 4. The number of aromatic nitrogens is 2. The topological polar surface area (TPSA) is 93.2 Å². The summed E-state index contributed by atoms with van der Waals surface area (Å²) in [4.78, 5) is 38.2. The molecule has 1 saturated heterocycles. The van der Waals surface area contributed by atoms with Gasteiger partial charge in [0.1, 0.15) is 5.56 Å². The summed E-state index contributed by atoms with van der Waals surface area (Å²) in [5, 5.41) is 3.01. The summed E-state index contributed by atoms with van der Waals surface area (Å²) < 4.78 is 7.04. The van der Waals surface area contributed by atoms with Gasteiger partial charge in [-0.15, -0.1) is 0 Å². The highest BCUT2D eigenvalue weighted by Gasteiger charge is 2.54. The van der Waals surface area contributed by atoms with E-state index in [1.54, 1.807) is 0 Å². The van der Waals surface area contributed by atoms with Crippen LogP contribution in [0.2, 0.25) is 0 Å². The largest absolute Gasteiger partial charge is 0.377 e. The van der Waals surface area contributed by atoms with Crippen LogP contribution in [0, 0.1) is 11.8 Å². The molecule has 7 nitrogen and oxygen atoms in total. The third-order valence-electron chi connectivity index (χ3n) is 5.49. The van der Waals surface area contributed by atoms with Gasteiger partial charge in [-0.05, 0) is 18.4 Å². The van der Waals surface area contributed by atoms with E-state index in [2.05, 4.69) is 22.4 Å². The first-order chi connectivity index (χ1) is 12.5. The third kappa shape index (κ3) is 2.88. The van der Waals surface area contributed by atoms with Gasteiger partial charge in [0.25, 0.3) is 11.5 Å². The Labute approximate surface area is 150 Å². The highest BCUT2D eigenvalue weighted by Crippen LogP contribution is 2.45. The van der Waals surface area contributed by atoms with Crippen molar-refractivity contribution >= 4 is 5.91 Å². The highest BCUT2D eigenvalue weighted by atomic mass is 16.5. The molecule has 1 saturated carbocycles. The average molecular weight is 355 g/mol. The summed E-state index contributed by atoms with van der Waals surface area (Å²) in [5.41, 5.74) is -0.0521. The van der Waals surface area contributed by atoms with Crippen molar-refractivity contribution in [3.8, 4) is 0 Å². The van der Waals surface area contributed by atoms with Gasteiger partial charge in [-0.25, -0.2) is 4.79 Å². The molecule has 1 aromatic heterocycles. The molecule has 4 rings (SSSR count). The minimum atomic E-state index is -0.663. The number of carbonyl (C=O) groups excluding carboxylic acids is 1. The minimum absolute atomic E-state index is 0.0353. The van der Waals surface area contributed by atoms with E-state index in [0.717, 1.165) is 12.8 Å². The summed E-state index contributed by atoms with van der Waals surface area (Å²) in [6.45, 7) is 0.702. The van der Waals surface area contributed by atoms with Crippen LogP contribution >= 0.6 is 0 Å². The molecule has 0 spiro atoms. The molecule has 4 atom stereocenters. The Morgan fingerprint density at radius 3 is 2.85 bits per heavy atom. The summed E-state index contributed by atoms with van der Waals surface area (Å²) in [6.07, 6.45) is 3.16. The second kappa shape index (κ2) is 6.57. The van der Waals surface area contributed by atoms with E-state index < -0.39 is 17.2 Å². The maximum Gasteiger partial charge on any atom is 0.328 e. The molecule has 26 heavy (non-hydrogen) atoms. The van der Waals surface area contributed by atoms with Crippen molar-refractivity contribution in [1.82, 2.24) is 14.9 Å². The van der Waals surface area contributed by atoms with Crippen LogP contribution in [0.3, 0.4) is 0 Å². The van der Waals surface area contributed by atoms with E-state index in [1.165, 1.54) is 23.4 Å². The average Bonchev–Trinajstić information content (AvgIpc) is 3.06. The third-order valence-corrected chi connectivity index (χ3v) is 5.49. The molecule has 1 amide bonds. The zero-order valence-electron chi connectivity index (χ0n) is 14.5. The number of amides is 1. The van der Waals surface area contributed by atoms with Crippen LogP contribution in [0.4, 0.5) is 0 Å². The van der Waals surface area contributed by atoms with Gasteiger partial charge < -0.3 is 14.6 Å². The Hall–Kier alpha value is -2.67.